The number of hydrogen-bond acceptors (Lipinski definition) is 3. The molecule has 5 nitrogen and oxygen atoms in total. The van der Waals surface area contributed by atoms with Crippen molar-refractivity contribution in [2.24, 2.45) is 11.8 Å². The van der Waals surface area contributed by atoms with Crippen LogP contribution < -0.4 is 15.4 Å². The zero-order valence-electron chi connectivity index (χ0n) is 15.2. The third-order valence-electron chi connectivity index (χ3n) is 4.92. The molecule has 0 atom stereocenters. The Hall–Kier alpha value is -2.89. The second-order valence-corrected chi connectivity index (χ2v) is 6.77. The molecule has 0 spiro atoms. The Morgan fingerprint density at radius 1 is 0.889 bits per heavy atom. The molecule has 6 heteroatoms. The van der Waals surface area contributed by atoms with E-state index in [0.29, 0.717) is 31.4 Å². The fraction of sp³-hybridized carbons (Fsp3) is 0.333. The van der Waals surface area contributed by atoms with Gasteiger partial charge in [0.1, 0.15) is 11.6 Å². The third-order valence-corrected chi connectivity index (χ3v) is 4.92. The number of amides is 2. The van der Waals surface area contributed by atoms with Gasteiger partial charge in [0.05, 0.1) is 7.11 Å². The Labute approximate surface area is 157 Å². The maximum absolute atomic E-state index is 13.2. The van der Waals surface area contributed by atoms with Crippen LogP contribution in [0.5, 0.6) is 5.75 Å². The molecule has 1 fully saturated rings. The average Bonchev–Trinajstić information content (AvgIpc) is 2.68. The number of methoxy groups -OCH3 is 1. The smallest absolute Gasteiger partial charge is 0.227 e. The lowest BCUT2D eigenvalue weighted by atomic mass is 9.81. The van der Waals surface area contributed by atoms with Gasteiger partial charge in [0, 0.05) is 23.2 Å². The summed E-state index contributed by atoms with van der Waals surface area (Å²) in [5.74, 6) is -0.0491. The lowest BCUT2D eigenvalue weighted by Gasteiger charge is -2.27. The van der Waals surface area contributed by atoms with Gasteiger partial charge in [0.2, 0.25) is 11.8 Å². The molecule has 2 N–H and O–H groups in total. The van der Waals surface area contributed by atoms with E-state index in [9.17, 15) is 14.0 Å². The van der Waals surface area contributed by atoms with Gasteiger partial charge >= 0.3 is 0 Å². The minimum absolute atomic E-state index is 0.0239. The molecule has 0 saturated heterocycles. The number of halogens is 1. The van der Waals surface area contributed by atoms with E-state index < -0.39 is 0 Å². The predicted molar refractivity (Wildman–Crippen MR) is 102 cm³/mol. The number of carbonyl (C=O) groups excluding carboxylic acids is 2. The minimum atomic E-state index is -0.383. The third kappa shape index (κ3) is 5.06. The molecule has 0 aliphatic heterocycles. The number of ether oxygens (including phenoxy) is 1. The number of benzene rings is 2. The van der Waals surface area contributed by atoms with Crippen LogP contribution in [0.1, 0.15) is 25.7 Å². The van der Waals surface area contributed by atoms with Gasteiger partial charge in [-0.05, 0) is 68.1 Å². The van der Waals surface area contributed by atoms with Crippen molar-refractivity contribution in [2.75, 3.05) is 17.7 Å². The molecule has 1 saturated carbocycles. The molecular weight excluding hydrogens is 347 g/mol. The van der Waals surface area contributed by atoms with Crippen LogP contribution in [0.2, 0.25) is 0 Å². The van der Waals surface area contributed by atoms with E-state index in [0.717, 1.165) is 11.4 Å². The van der Waals surface area contributed by atoms with E-state index in [-0.39, 0.29) is 29.5 Å². The second-order valence-electron chi connectivity index (χ2n) is 6.77. The molecular formula is C21H23FN2O3. The zero-order valence-corrected chi connectivity index (χ0v) is 15.2. The highest BCUT2D eigenvalue weighted by atomic mass is 19.1. The number of carbonyl (C=O) groups is 2. The minimum Gasteiger partial charge on any atom is -0.497 e. The SMILES string of the molecule is COc1ccc(NC(=O)C2CCC(C(=O)Nc3cccc(F)c3)CC2)cc1. The molecule has 3 rings (SSSR count). The highest BCUT2D eigenvalue weighted by Gasteiger charge is 2.30. The number of anilines is 2. The van der Waals surface area contributed by atoms with Gasteiger partial charge in [0.25, 0.3) is 0 Å². The molecule has 2 aromatic rings. The molecule has 2 aromatic carbocycles. The van der Waals surface area contributed by atoms with Crippen LogP contribution in [0.3, 0.4) is 0 Å². The van der Waals surface area contributed by atoms with Gasteiger partial charge < -0.3 is 15.4 Å². The van der Waals surface area contributed by atoms with Gasteiger partial charge in [-0.3, -0.25) is 9.59 Å². The van der Waals surface area contributed by atoms with Gasteiger partial charge in [-0.15, -0.1) is 0 Å². The van der Waals surface area contributed by atoms with Crippen LogP contribution in [-0.2, 0) is 9.59 Å². The van der Waals surface area contributed by atoms with E-state index in [1.807, 2.05) is 0 Å². The maximum atomic E-state index is 13.2. The van der Waals surface area contributed by atoms with E-state index in [1.54, 1.807) is 43.5 Å². The molecule has 0 aromatic heterocycles. The Bertz CT molecular complexity index is 799. The molecule has 27 heavy (non-hydrogen) atoms. The number of hydrogen-bond donors (Lipinski definition) is 2. The number of nitrogens with one attached hydrogen (secondary N) is 2. The Balaban J connectivity index is 1.48. The van der Waals surface area contributed by atoms with Crippen molar-refractivity contribution >= 4 is 23.2 Å². The highest BCUT2D eigenvalue weighted by molar-refractivity contribution is 5.94. The summed E-state index contributed by atoms with van der Waals surface area (Å²) in [7, 11) is 1.59. The summed E-state index contributed by atoms with van der Waals surface area (Å²) in [6, 6.07) is 13.0. The Kier molecular flexibility index (Phi) is 6.06. The van der Waals surface area contributed by atoms with Gasteiger partial charge in [-0.1, -0.05) is 6.07 Å². The van der Waals surface area contributed by atoms with Gasteiger partial charge in [0.15, 0.2) is 0 Å². The summed E-state index contributed by atoms with van der Waals surface area (Å²) in [6.45, 7) is 0. The van der Waals surface area contributed by atoms with Crippen molar-refractivity contribution in [1.82, 2.24) is 0 Å². The summed E-state index contributed by atoms with van der Waals surface area (Å²) in [6.07, 6.45) is 2.59. The molecule has 0 heterocycles. The Morgan fingerprint density at radius 3 is 1.96 bits per heavy atom. The van der Waals surface area contributed by atoms with E-state index in [1.165, 1.54) is 12.1 Å². The van der Waals surface area contributed by atoms with Crippen molar-refractivity contribution in [3.63, 3.8) is 0 Å². The molecule has 0 radical (unpaired) electrons. The van der Waals surface area contributed by atoms with Crippen molar-refractivity contribution in [1.29, 1.82) is 0 Å². The van der Waals surface area contributed by atoms with Crippen molar-refractivity contribution in [2.45, 2.75) is 25.7 Å². The van der Waals surface area contributed by atoms with Crippen LogP contribution in [-0.4, -0.2) is 18.9 Å². The van der Waals surface area contributed by atoms with E-state index in [4.69, 9.17) is 4.74 Å². The van der Waals surface area contributed by atoms with Crippen LogP contribution in [0.25, 0.3) is 0 Å². The molecule has 142 valence electrons. The largest absolute Gasteiger partial charge is 0.497 e. The summed E-state index contributed by atoms with van der Waals surface area (Å²) >= 11 is 0. The first-order valence-corrected chi connectivity index (χ1v) is 9.06. The summed E-state index contributed by atoms with van der Waals surface area (Å²) in [4.78, 5) is 24.8. The van der Waals surface area contributed by atoms with Crippen molar-refractivity contribution in [3.8, 4) is 5.75 Å². The van der Waals surface area contributed by atoms with Crippen LogP contribution >= 0.6 is 0 Å². The van der Waals surface area contributed by atoms with E-state index in [2.05, 4.69) is 10.6 Å². The second kappa shape index (κ2) is 8.66. The van der Waals surface area contributed by atoms with Crippen LogP contribution in [0.4, 0.5) is 15.8 Å². The lowest BCUT2D eigenvalue weighted by molar-refractivity contribution is -0.125. The summed E-state index contributed by atoms with van der Waals surface area (Å²) in [5, 5.41) is 5.67. The standard InChI is InChI=1S/C21H23FN2O3/c1-27-19-11-9-17(10-12-19)23-20(25)14-5-7-15(8-6-14)21(26)24-18-4-2-3-16(22)13-18/h2-4,9-15H,5-8H2,1H3,(H,23,25)(H,24,26). The first-order chi connectivity index (χ1) is 13.0. The molecule has 0 unspecified atom stereocenters. The monoisotopic (exact) mass is 370 g/mol. The normalized spacial score (nSPS) is 19.2. The first kappa shape index (κ1) is 18.9. The summed E-state index contributed by atoms with van der Waals surface area (Å²) < 4.78 is 18.3. The van der Waals surface area contributed by atoms with Crippen molar-refractivity contribution in [3.05, 3.63) is 54.3 Å². The molecule has 1 aliphatic carbocycles. The molecule has 0 bridgehead atoms. The molecule has 1 aliphatic rings. The van der Waals surface area contributed by atoms with Gasteiger partial charge in [-0.25, -0.2) is 4.39 Å². The number of rotatable bonds is 5. The average molecular weight is 370 g/mol. The zero-order chi connectivity index (χ0) is 19.2. The van der Waals surface area contributed by atoms with Gasteiger partial charge in [-0.2, -0.15) is 0 Å². The lowest BCUT2D eigenvalue weighted by Crippen LogP contribution is -2.32. The topological polar surface area (TPSA) is 67.4 Å². The fourth-order valence-corrected chi connectivity index (χ4v) is 3.35. The summed E-state index contributed by atoms with van der Waals surface area (Å²) in [5.41, 5.74) is 1.19. The fourth-order valence-electron chi connectivity index (χ4n) is 3.35. The predicted octanol–water partition coefficient (Wildman–Crippen LogP) is 4.22. The van der Waals surface area contributed by atoms with E-state index >= 15 is 0 Å². The van der Waals surface area contributed by atoms with Crippen LogP contribution in [0.15, 0.2) is 48.5 Å². The quantitative estimate of drug-likeness (QED) is 0.828. The van der Waals surface area contributed by atoms with Crippen LogP contribution in [0, 0.1) is 17.7 Å². The van der Waals surface area contributed by atoms with Crippen molar-refractivity contribution < 1.29 is 18.7 Å². The highest BCUT2D eigenvalue weighted by Crippen LogP contribution is 2.31. The Morgan fingerprint density at radius 2 is 1.44 bits per heavy atom. The molecule has 2 amide bonds. The first-order valence-electron chi connectivity index (χ1n) is 9.06. The maximum Gasteiger partial charge on any atom is 0.227 e.